The van der Waals surface area contributed by atoms with E-state index in [0.29, 0.717) is 12.2 Å². The Kier molecular flexibility index (Phi) is 7.58. The number of rotatable bonds is 7. The molecular weight excluding hydrogens is 196 g/mol. The lowest BCUT2D eigenvalue weighted by Crippen LogP contribution is -2.24. The number of carbonyl (C=O) groups excluding carboxylic acids is 1. The fraction of sp³-hybridized carbons (Fsp3) is 0.545. The highest BCUT2D eigenvalue weighted by Gasteiger charge is 2.08. The molecule has 0 aliphatic rings. The minimum absolute atomic E-state index is 0.0679. The van der Waals surface area contributed by atoms with Crippen LogP contribution in [-0.2, 0) is 14.3 Å². The molecule has 0 aromatic heterocycles. The minimum atomic E-state index is -0.793. The Bertz CT molecular complexity index is 233. The minimum Gasteiger partial charge on any atom is -0.460 e. The Morgan fingerprint density at radius 1 is 1.53 bits per heavy atom. The van der Waals surface area contributed by atoms with Crippen LogP contribution >= 0.6 is 0 Å². The molecule has 1 atom stereocenters. The van der Waals surface area contributed by atoms with Gasteiger partial charge in [-0.25, -0.2) is 4.79 Å². The van der Waals surface area contributed by atoms with Crippen molar-refractivity contribution in [2.45, 2.75) is 20.0 Å². The Hall–Kier alpha value is -1.13. The SMILES string of the molecule is C=C(C)C(=O)OCC(O)COC/C=C/C. The number of carbonyl (C=O) groups is 1. The number of aliphatic hydroxyl groups is 1. The molecule has 0 aromatic carbocycles. The first-order chi connectivity index (χ1) is 7.07. The average molecular weight is 214 g/mol. The molecule has 4 nitrogen and oxygen atoms in total. The quantitative estimate of drug-likeness (QED) is 0.298. The van der Waals surface area contributed by atoms with Gasteiger partial charge >= 0.3 is 5.97 Å². The third-order valence-electron chi connectivity index (χ3n) is 1.52. The zero-order chi connectivity index (χ0) is 11.7. The van der Waals surface area contributed by atoms with Crippen LogP contribution in [0.1, 0.15) is 13.8 Å². The molecular formula is C11H18O4. The Balaban J connectivity index is 3.53. The van der Waals surface area contributed by atoms with Gasteiger partial charge in [0.1, 0.15) is 12.7 Å². The number of allylic oxidation sites excluding steroid dienone is 1. The summed E-state index contributed by atoms with van der Waals surface area (Å²) in [5.74, 6) is -0.498. The third kappa shape index (κ3) is 7.90. The highest BCUT2D eigenvalue weighted by molar-refractivity contribution is 5.86. The Morgan fingerprint density at radius 3 is 2.73 bits per heavy atom. The van der Waals surface area contributed by atoms with Crippen molar-refractivity contribution in [2.24, 2.45) is 0 Å². The molecule has 0 amide bonds. The molecule has 4 heteroatoms. The van der Waals surface area contributed by atoms with Crippen molar-refractivity contribution in [2.75, 3.05) is 19.8 Å². The van der Waals surface area contributed by atoms with Crippen LogP contribution in [0.4, 0.5) is 0 Å². The standard InChI is InChI=1S/C11H18O4/c1-4-5-6-14-7-10(12)8-15-11(13)9(2)3/h4-5,10,12H,2,6-8H2,1,3H3/b5-4+. The molecule has 86 valence electrons. The van der Waals surface area contributed by atoms with Crippen LogP contribution in [0.3, 0.4) is 0 Å². The first-order valence-corrected chi connectivity index (χ1v) is 4.77. The first-order valence-electron chi connectivity index (χ1n) is 4.77. The third-order valence-corrected chi connectivity index (χ3v) is 1.52. The molecule has 0 fully saturated rings. The lowest BCUT2D eigenvalue weighted by atomic mass is 10.3. The van der Waals surface area contributed by atoms with Gasteiger partial charge in [0.15, 0.2) is 0 Å². The number of hydrogen-bond donors (Lipinski definition) is 1. The molecule has 0 heterocycles. The first kappa shape index (κ1) is 13.9. The van der Waals surface area contributed by atoms with Crippen LogP contribution < -0.4 is 0 Å². The van der Waals surface area contributed by atoms with Crippen molar-refractivity contribution >= 4 is 5.97 Å². The molecule has 15 heavy (non-hydrogen) atoms. The molecule has 0 aliphatic heterocycles. The summed E-state index contributed by atoms with van der Waals surface area (Å²) in [6, 6.07) is 0. The van der Waals surface area contributed by atoms with Gasteiger partial charge in [-0.2, -0.15) is 0 Å². The molecule has 0 spiro atoms. The molecule has 0 rings (SSSR count). The van der Waals surface area contributed by atoms with E-state index in [9.17, 15) is 9.90 Å². The van der Waals surface area contributed by atoms with Crippen molar-refractivity contribution in [3.63, 3.8) is 0 Å². The molecule has 0 saturated heterocycles. The van der Waals surface area contributed by atoms with Gasteiger partial charge in [0.25, 0.3) is 0 Å². The van der Waals surface area contributed by atoms with E-state index in [-0.39, 0.29) is 13.2 Å². The summed E-state index contributed by atoms with van der Waals surface area (Å²) in [5, 5.41) is 9.32. The maximum absolute atomic E-state index is 10.9. The molecule has 0 saturated carbocycles. The molecule has 0 aliphatic carbocycles. The van der Waals surface area contributed by atoms with E-state index in [1.165, 1.54) is 0 Å². The van der Waals surface area contributed by atoms with Crippen LogP contribution in [0.5, 0.6) is 0 Å². The summed E-state index contributed by atoms with van der Waals surface area (Å²) in [6.07, 6.45) is 2.89. The van der Waals surface area contributed by atoms with Gasteiger partial charge in [-0.15, -0.1) is 0 Å². The van der Waals surface area contributed by atoms with Gasteiger partial charge in [-0.05, 0) is 13.8 Å². The fourth-order valence-corrected chi connectivity index (χ4v) is 0.712. The van der Waals surface area contributed by atoms with Crippen LogP contribution in [0.25, 0.3) is 0 Å². The zero-order valence-electron chi connectivity index (χ0n) is 9.23. The lowest BCUT2D eigenvalue weighted by molar-refractivity contribution is -0.142. The molecule has 1 N–H and O–H groups in total. The van der Waals surface area contributed by atoms with Crippen molar-refractivity contribution in [3.05, 3.63) is 24.3 Å². The lowest BCUT2D eigenvalue weighted by Gasteiger charge is -2.10. The van der Waals surface area contributed by atoms with Gasteiger partial charge in [0.05, 0.1) is 13.2 Å². The summed E-state index contributed by atoms with van der Waals surface area (Å²) in [6.45, 7) is 7.38. The summed E-state index contributed by atoms with van der Waals surface area (Å²) in [7, 11) is 0. The van der Waals surface area contributed by atoms with Crippen LogP contribution in [0, 0.1) is 0 Å². The van der Waals surface area contributed by atoms with Crippen LogP contribution in [0.2, 0.25) is 0 Å². The van der Waals surface area contributed by atoms with E-state index in [2.05, 4.69) is 6.58 Å². The second kappa shape index (κ2) is 8.20. The largest absolute Gasteiger partial charge is 0.460 e. The predicted molar refractivity (Wildman–Crippen MR) is 57.4 cm³/mol. The second-order valence-electron chi connectivity index (χ2n) is 3.14. The van der Waals surface area contributed by atoms with Gasteiger partial charge in [-0.3, -0.25) is 0 Å². The predicted octanol–water partition coefficient (Wildman–Crippen LogP) is 1.06. The number of aliphatic hydroxyl groups excluding tert-OH is 1. The van der Waals surface area contributed by atoms with Crippen LogP contribution in [-0.4, -0.2) is 37.0 Å². The van der Waals surface area contributed by atoms with Crippen molar-refractivity contribution in [3.8, 4) is 0 Å². The van der Waals surface area contributed by atoms with E-state index in [1.54, 1.807) is 6.92 Å². The molecule has 0 radical (unpaired) electrons. The number of esters is 1. The van der Waals surface area contributed by atoms with Crippen molar-refractivity contribution < 1.29 is 19.4 Å². The summed E-state index contributed by atoms with van der Waals surface area (Å²) in [4.78, 5) is 10.9. The maximum atomic E-state index is 10.9. The average Bonchev–Trinajstić information content (AvgIpc) is 2.20. The number of ether oxygens (including phenoxy) is 2. The van der Waals surface area contributed by atoms with E-state index in [0.717, 1.165) is 0 Å². The van der Waals surface area contributed by atoms with Gasteiger partial charge in [-0.1, -0.05) is 18.7 Å². The Labute approximate surface area is 90.2 Å². The summed E-state index contributed by atoms with van der Waals surface area (Å²) in [5.41, 5.74) is 0.317. The smallest absolute Gasteiger partial charge is 0.333 e. The Morgan fingerprint density at radius 2 is 2.20 bits per heavy atom. The highest BCUT2D eigenvalue weighted by Crippen LogP contribution is 1.94. The fourth-order valence-electron chi connectivity index (χ4n) is 0.712. The summed E-state index contributed by atoms with van der Waals surface area (Å²) < 4.78 is 9.81. The highest BCUT2D eigenvalue weighted by atomic mass is 16.5. The second-order valence-corrected chi connectivity index (χ2v) is 3.14. The molecule has 1 unspecified atom stereocenters. The monoisotopic (exact) mass is 214 g/mol. The van der Waals surface area contributed by atoms with E-state index >= 15 is 0 Å². The van der Waals surface area contributed by atoms with E-state index < -0.39 is 12.1 Å². The topological polar surface area (TPSA) is 55.8 Å². The normalized spacial score (nSPS) is 12.7. The van der Waals surface area contributed by atoms with Gasteiger partial charge < -0.3 is 14.6 Å². The molecule has 0 bridgehead atoms. The summed E-state index contributed by atoms with van der Waals surface area (Å²) >= 11 is 0. The molecule has 0 aromatic rings. The van der Waals surface area contributed by atoms with Crippen molar-refractivity contribution in [1.29, 1.82) is 0 Å². The maximum Gasteiger partial charge on any atom is 0.333 e. The van der Waals surface area contributed by atoms with Gasteiger partial charge in [0.2, 0.25) is 0 Å². The van der Waals surface area contributed by atoms with E-state index in [1.807, 2.05) is 19.1 Å². The number of hydrogen-bond acceptors (Lipinski definition) is 4. The van der Waals surface area contributed by atoms with E-state index in [4.69, 9.17) is 9.47 Å². The van der Waals surface area contributed by atoms with Gasteiger partial charge in [0, 0.05) is 5.57 Å². The van der Waals surface area contributed by atoms with Crippen LogP contribution in [0.15, 0.2) is 24.3 Å². The van der Waals surface area contributed by atoms with Crippen molar-refractivity contribution in [1.82, 2.24) is 0 Å². The zero-order valence-corrected chi connectivity index (χ0v) is 9.23.